The number of likely N-dealkylation sites (tertiary alicyclic amines) is 2. The fourth-order valence-corrected chi connectivity index (χ4v) is 14.1. The molecule has 4 N–H and O–H groups in total. The Morgan fingerprint density at radius 1 is 0.644 bits per heavy atom. The fourth-order valence-electron chi connectivity index (χ4n) is 11.5. The third kappa shape index (κ3) is 11.2. The molecule has 6 aromatic rings. The molecule has 2 spiro atoms. The zero-order valence-corrected chi connectivity index (χ0v) is 45.9. The van der Waals surface area contributed by atoms with Crippen LogP contribution in [0.15, 0.2) is 91.3 Å². The summed E-state index contributed by atoms with van der Waals surface area (Å²) in [5.74, 6) is 3.28. The molecule has 5 heterocycles. The molecule has 10 rings (SSSR count). The van der Waals surface area contributed by atoms with E-state index in [1.807, 2.05) is 42.5 Å². The van der Waals surface area contributed by atoms with Gasteiger partial charge < -0.3 is 49.7 Å². The first-order chi connectivity index (χ1) is 34.9. The Morgan fingerprint density at radius 3 is 1.90 bits per heavy atom. The standard InChI is InChI=1S/C54H65Cl2N11O4P2/c1-65-32-53(33-65)19-22-67(23-20-53)38-14-15-41(46(26-38)71-3)61-51-57-30-40(56)50(64-51)60-44-24-35(12-17-48(44)73(6,7)69)31-66-21-18-54(34-66)27-37(28-54)36-13-16-45(70-2)43(25-36)62-52-58-29-39(55)49(63-52)59-42-10-8-9-11-47(42)72(4,5)68/h8-17,24-26,29-30,37H,18-23,27-28,31-34H2,1-7H3,(H2,57,60,61,64)(H2,58,59,62,63). The second-order valence-corrected chi connectivity index (χ2v) is 28.6. The van der Waals surface area contributed by atoms with Crippen LogP contribution in [0.2, 0.25) is 10.0 Å². The summed E-state index contributed by atoms with van der Waals surface area (Å²) in [7, 11) is 0.246. The van der Waals surface area contributed by atoms with Gasteiger partial charge in [0.1, 0.15) is 35.8 Å². The smallest absolute Gasteiger partial charge is 0.229 e. The summed E-state index contributed by atoms with van der Waals surface area (Å²) in [5.41, 5.74) is 7.08. The number of nitrogens with zero attached hydrogens (tertiary/aromatic N) is 7. The van der Waals surface area contributed by atoms with E-state index >= 15 is 0 Å². The van der Waals surface area contributed by atoms with Gasteiger partial charge in [-0.25, -0.2) is 9.97 Å². The summed E-state index contributed by atoms with van der Waals surface area (Å²) in [6.45, 7) is 14.2. The monoisotopic (exact) mass is 1060 g/mol. The van der Waals surface area contributed by atoms with Gasteiger partial charge in [0.05, 0.1) is 49.4 Å². The first kappa shape index (κ1) is 51.1. The van der Waals surface area contributed by atoms with Crippen LogP contribution in [0.3, 0.4) is 0 Å². The third-order valence-electron chi connectivity index (χ3n) is 15.2. The zero-order valence-electron chi connectivity index (χ0n) is 42.6. The van der Waals surface area contributed by atoms with Gasteiger partial charge in [-0.3, -0.25) is 4.90 Å². The predicted molar refractivity (Wildman–Crippen MR) is 300 cm³/mol. The van der Waals surface area contributed by atoms with Gasteiger partial charge in [0.2, 0.25) is 11.9 Å². The Labute approximate surface area is 438 Å². The number of nitrogens with one attached hydrogen (secondary N) is 4. The van der Waals surface area contributed by atoms with Crippen molar-refractivity contribution >= 4 is 100 Å². The van der Waals surface area contributed by atoms with E-state index in [4.69, 9.17) is 42.6 Å². The highest BCUT2D eigenvalue weighted by Gasteiger charge is 2.49. The number of rotatable bonds is 16. The van der Waals surface area contributed by atoms with Crippen molar-refractivity contribution in [2.75, 3.05) is 113 Å². The van der Waals surface area contributed by atoms with Crippen LogP contribution in [0.1, 0.15) is 49.1 Å². The van der Waals surface area contributed by atoms with E-state index in [0.29, 0.717) is 73.1 Å². The SMILES string of the molecule is COc1ccc(C2CC3(CCN(Cc4ccc(P(C)(C)=O)c(Nc5nc(Nc6ccc(N7CCC8(CC7)CN(C)C8)cc6OC)ncc5Cl)c4)C3)C2)cc1Nc1ncc(Cl)c(Nc2ccccc2P(C)(C)=O)n1. The van der Waals surface area contributed by atoms with Crippen LogP contribution in [-0.2, 0) is 15.7 Å². The summed E-state index contributed by atoms with van der Waals surface area (Å²) in [5, 5.41) is 15.6. The van der Waals surface area contributed by atoms with Crippen LogP contribution in [0.25, 0.3) is 0 Å². The maximum absolute atomic E-state index is 13.7. The van der Waals surface area contributed by atoms with Crippen LogP contribution >= 0.6 is 37.5 Å². The molecule has 0 radical (unpaired) electrons. The van der Waals surface area contributed by atoms with Gasteiger partial charge in [0.25, 0.3) is 0 Å². The molecule has 19 heteroatoms. The molecule has 15 nitrogen and oxygen atoms in total. The van der Waals surface area contributed by atoms with Crippen molar-refractivity contribution in [2.24, 2.45) is 10.8 Å². The predicted octanol–water partition coefficient (Wildman–Crippen LogP) is 11.4. The highest BCUT2D eigenvalue weighted by Crippen LogP contribution is 2.57. The first-order valence-corrected chi connectivity index (χ1v) is 30.8. The van der Waals surface area contributed by atoms with Crippen molar-refractivity contribution in [2.45, 2.75) is 44.6 Å². The van der Waals surface area contributed by atoms with E-state index in [1.54, 1.807) is 53.3 Å². The zero-order chi connectivity index (χ0) is 51.3. The lowest BCUT2D eigenvalue weighted by Crippen LogP contribution is -2.58. The minimum absolute atomic E-state index is 0.226. The lowest BCUT2D eigenvalue weighted by molar-refractivity contribution is 0.00131. The van der Waals surface area contributed by atoms with E-state index in [1.165, 1.54) is 31.5 Å². The molecule has 4 fully saturated rings. The van der Waals surface area contributed by atoms with Crippen molar-refractivity contribution in [1.82, 2.24) is 29.7 Å². The summed E-state index contributed by atoms with van der Waals surface area (Å²) in [6.07, 6.45) is 8.80. The van der Waals surface area contributed by atoms with Gasteiger partial charge in [0.15, 0.2) is 11.6 Å². The normalized spacial score (nSPS) is 19.8. The number of ether oxygens (including phenoxy) is 2. The van der Waals surface area contributed by atoms with Crippen molar-refractivity contribution in [1.29, 1.82) is 0 Å². The number of hydrogen-bond donors (Lipinski definition) is 4. The van der Waals surface area contributed by atoms with Crippen LogP contribution < -0.4 is 46.2 Å². The molecule has 0 bridgehead atoms. The fraction of sp³-hybridized carbons (Fsp3) is 0.407. The Bertz CT molecular complexity index is 3130. The van der Waals surface area contributed by atoms with Crippen LogP contribution in [-0.4, -0.2) is 117 Å². The molecule has 4 aliphatic rings. The molecule has 1 aliphatic carbocycles. The third-order valence-corrected chi connectivity index (χ3v) is 18.8. The molecular formula is C54H65Cl2N11O4P2. The number of piperidine rings is 1. The topological polar surface area (TPSA) is 162 Å². The number of methoxy groups -OCH3 is 2. The number of anilines is 9. The van der Waals surface area contributed by atoms with Gasteiger partial charge in [-0.1, -0.05) is 47.5 Å². The summed E-state index contributed by atoms with van der Waals surface area (Å²) < 4.78 is 38.4. The molecule has 3 aliphatic heterocycles. The van der Waals surface area contributed by atoms with Gasteiger partial charge in [-0.2, -0.15) is 9.97 Å². The highest BCUT2D eigenvalue weighted by atomic mass is 35.5. The maximum Gasteiger partial charge on any atom is 0.229 e. The second kappa shape index (κ2) is 20.4. The Morgan fingerprint density at radius 2 is 1.26 bits per heavy atom. The van der Waals surface area contributed by atoms with Crippen molar-refractivity contribution in [3.63, 3.8) is 0 Å². The van der Waals surface area contributed by atoms with Crippen LogP contribution in [0.5, 0.6) is 11.5 Å². The average molecular weight is 1070 g/mol. The van der Waals surface area contributed by atoms with Crippen molar-refractivity contribution in [3.05, 3.63) is 112 Å². The van der Waals surface area contributed by atoms with Crippen LogP contribution in [0.4, 0.5) is 52.0 Å². The molecule has 2 aromatic heterocycles. The van der Waals surface area contributed by atoms with E-state index in [9.17, 15) is 9.13 Å². The maximum atomic E-state index is 13.7. The van der Waals surface area contributed by atoms with Gasteiger partial charge in [-0.15, -0.1) is 0 Å². The molecule has 0 amide bonds. The summed E-state index contributed by atoms with van der Waals surface area (Å²) in [4.78, 5) is 25.9. The number of halogens is 2. The molecule has 0 atom stereocenters. The average Bonchev–Trinajstić information content (AvgIpc) is 3.77. The van der Waals surface area contributed by atoms with E-state index < -0.39 is 14.3 Å². The number of benzene rings is 4. The van der Waals surface area contributed by atoms with Crippen molar-refractivity contribution < 1.29 is 18.6 Å². The Hall–Kier alpha value is -5.40. The molecule has 384 valence electrons. The Balaban J connectivity index is 0.784. The number of hydrogen-bond acceptors (Lipinski definition) is 15. The molecule has 3 saturated heterocycles. The first-order valence-electron chi connectivity index (χ1n) is 24.9. The second-order valence-electron chi connectivity index (χ2n) is 21.4. The minimum atomic E-state index is -2.71. The minimum Gasteiger partial charge on any atom is -0.495 e. The van der Waals surface area contributed by atoms with Crippen molar-refractivity contribution in [3.8, 4) is 11.5 Å². The molecule has 4 aromatic carbocycles. The van der Waals surface area contributed by atoms with E-state index in [-0.39, 0.29) is 5.41 Å². The highest BCUT2D eigenvalue weighted by molar-refractivity contribution is 7.70. The lowest BCUT2D eigenvalue weighted by atomic mass is 9.59. The van der Waals surface area contributed by atoms with Gasteiger partial charge in [0, 0.05) is 61.6 Å². The largest absolute Gasteiger partial charge is 0.495 e. The molecule has 0 unspecified atom stereocenters. The summed E-state index contributed by atoms with van der Waals surface area (Å²) in [6, 6.07) is 26.1. The quantitative estimate of drug-likeness (QED) is 0.0677. The Kier molecular flexibility index (Phi) is 14.3. The van der Waals surface area contributed by atoms with Gasteiger partial charge in [-0.05, 0) is 149 Å². The number of aromatic nitrogens is 4. The molecule has 1 saturated carbocycles. The van der Waals surface area contributed by atoms with E-state index in [2.05, 4.69) is 89.4 Å². The van der Waals surface area contributed by atoms with Gasteiger partial charge >= 0.3 is 0 Å². The van der Waals surface area contributed by atoms with E-state index in [0.717, 1.165) is 79.9 Å². The molecule has 73 heavy (non-hydrogen) atoms. The molecular weight excluding hydrogens is 1000 g/mol. The van der Waals surface area contributed by atoms with Crippen LogP contribution in [0, 0.1) is 10.8 Å². The summed E-state index contributed by atoms with van der Waals surface area (Å²) >= 11 is 13.3. The lowest BCUT2D eigenvalue weighted by Gasteiger charge is -2.53. The number of para-hydroxylation sites is 1.